The van der Waals surface area contributed by atoms with E-state index in [2.05, 4.69) is 47.9 Å². The second kappa shape index (κ2) is 32.3. The van der Waals surface area contributed by atoms with Gasteiger partial charge in [-0.2, -0.15) is 0 Å². The number of aliphatic carboxylic acids is 2. The van der Waals surface area contributed by atoms with Crippen LogP contribution in [0.3, 0.4) is 0 Å². The molecule has 10 amide bonds. The number of primary amides is 1. The van der Waals surface area contributed by atoms with Crippen LogP contribution in [0.15, 0.2) is 24.3 Å². The van der Waals surface area contributed by atoms with Crippen LogP contribution in [-0.4, -0.2) is 177 Å². The first kappa shape index (κ1) is 64.2. The number of benzene rings is 1. The summed E-state index contributed by atoms with van der Waals surface area (Å²) in [5, 5.41) is 69.1. The molecule has 1 aromatic carbocycles. The van der Waals surface area contributed by atoms with Crippen molar-refractivity contribution in [2.75, 3.05) is 19.8 Å². The molecule has 9 atom stereocenters. The molecule has 0 bridgehead atoms. The highest BCUT2D eigenvalue weighted by Crippen LogP contribution is 2.14. The van der Waals surface area contributed by atoms with Gasteiger partial charge >= 0.3 is 11.9 Å². The van der Waals surface area contributed by atoms with Crippen molar-refractivity contribution in [2.45, 2.75) is 134 Å². The zero-order valence-corrected chi connectivity index (χ0v) is 41.4. The van der Waals surface area contributed by atoms with Crippen molar-refractivity contribution < 1.29 is 87.9 Å². The first-order valence-corrected chi connectivity index (χ1v) is 23.2. The van der Waals surface area contributed by atoms with Gasteiger partial charge in [0.2, 0.25) is 65.4 Å². The first-order valence-electron chi connectivity index (χ1n) is 23.2. The maximum Gasteiger partial charge on any atom is 0.305 e. The van der Waals surface area contributed by atoms with E-state index in [9.17, 15) is 82.8 Å². The van der Waals surface area contributed by atoms with Crippen molar-refractivity contribution in [1.29, 1.82) is 0 Å². The number of hydrogen-bond acceptors (Lipinski definition) is 17. The summed E-state index contributed by atoms with van der Waals surface area (Å²) in [5.74, 6) is -14.2. The number of nitrogens with one attached hydrogen (secondary N) is 9. The number of nitrogens with two attached hydrogens (primary N) is 2. The van der Waals surface area contributed by atoms with E-state index in [1.165, 1.54) is 51.3 Å². The van der Waals surface area contributed by atoms with E-state index in [-0.39, 0.29) is 37.4 Å². The van der Waals surface area contributed by atoms with Crippen LogP contribution in [0, 0.1) is 11.8 Å². The third kappa shape index (κ3) is 24.1. The Labute approximate surface area is 424 Å². The van der Waals surface area contributed by atoms with Gasteiger partial charge in [-0.1, -0.05) is 39.8 Å². The molecule has 0 fully saturated rings. The number of phenols is 1. The monoisotopic (exact) mass is 1050 g/mol. The summed E-state index contributed by atoms with van der Waals surface area (Å²) in [6.07, 6.45) is -1.58. The Hall–Kier alpha value is -7.79. The van der Waals surface area contributed by atoms with E-state index in [1.807, 2.05) is 0 Å². The van der Waals surface area contributed by atoms with E-state index >= 15 is 0 Å². The van der Waals surface area contributed by atoms with Gasteiger partial charge in [0.25, 0.3) is 0 Å². The van der Waals surface area contributed by atoms with Crippen molar-refractivity contribution in [2.24, 2.45) is 23.3 Å². The number of carbonyl (C=O) groups is 12. The highest BCUT2D eigenvalue weighted by atomic mass is 16.4. The Morgan fingerprint density at radius 3 is 1.54 bits per heavy atom. The number of amides is 10. The summed E-state index contributed by atoms with van der Waals surface area (Å²) < 4.78 is 0. The molecule has 0 unspecified atom stereocenters. The van der Waals surface area contributed by atoms with Crippen LogP contribution >= 0.6 is 0 Å². The Morgan fingerprint density at radius 2 is 1.04 bits per heavy atom. The van der Waals surface area contributed by atoms with Crippen LogP contribution < -0.4 is 59.3 Å². The topological polar surface area (TPSA) is 483 Å². The number of aromatic hydroxyl groups is 1. The van der Waals surface area contributed by atoms with Crippen molar-refractivity contribution >= 4 is 77.3 Å². The largest absolute Gasteiger partial charge is 0.508 e. The molecule has 0 saturated heterocycles. The van der Waals surface area contributed by atoms with Gasteiger partial charge in [0.15, 0.2) is 0 Å². The van der Waals surface area contributed by atoms with E-state index in [4.69, 9.17) is 16.6 Å². The summed E-state index contributed by atoms with van der Waals surface area (Å²) >= 11 is 0. The fourth-order valence-corrected chi connectivity index (χ4v) is 6.57. The predicted molar refractivity (Wildman–Crippen MR) is 256 cm³/mol. The molecule has 0 aliphatic carbocycles. The molecular weight excluding hydrogens is 983 g/mol. The molecule has 1 rings (SSSR count). The number of aliphatic hydroxyl groups is 2. The third-order valence-corrected chi connectivity index (χ3v) is 10.5. The zero-order chi connectivity index (χ0) is 56.4. The maximum atomic E-state index is 14.1. The highest BCUT2D eigenvalue weighted by molar-refractivity contribution is 5.98. The fourth-order valence-electron chi connectivity index (χ4n) is 6.57. The number of rotatable bonds is 34. The molecule has 411 valence electrons. The Balaban J connectivity index is 3.38. The minimum atomic E-state index is -1.87. The second-order valence-electron chi connectivity index (χ2n) is 17.7. The van der Waals surface area contributed by atoms with Crippen molar-refractivity contribution in [3.05, 3.63) is 29.8 Å². The average Bonchev–Trinajstić information content (AvgIpc) is 3.32. The van der Waals surface area contributed by atoms with Gasteiger partial charge in [0.05, 0.1) is 38.3 Å². The van der Waals surface area contributed by atoms with Gasteiger partial charge in [-0.15, -0.1) is 0 Å². The molecule has 29 heteroatoms. The summed E-state index contributed by atoms with van der Waals surface area (Å²) in [4.78, 5) is 165. The van der Waals surface area contributed by atoms with Crippen molar-refractivity contribution in [3.63, 3.8) is 0 Å². The number of hydrogen-bond donors (Lipinski definition) is 16. The molecule has 1 aromatic rings. The summed E-state index contributed by atoms with van der Waals surface area (Å²) in [6, 6.07) is -8.56. The van der Waals surface area contributed by atoms with E-state index < -0.39 is 170 Å². The lowest BCUT2D eigenvalue weighted by Crippen LogP contribution is -2.61. The number of phenolic OH excluding ortho intramolecular Hbond substituents is 1. The van der Waals surface area contributed by atoms with Crippen LogP contribution in [0.1, 0.15) is 78.7 Å². The van der Waals surface area contributed by atoms with Gasteiger partial charge < -0.3 is 84.9 Å². The normalized spacial score (nSPS) is 14.6. The van der Waals surface area contributed by atoms with Gasteiger partial charge in [0, 0.05) is 19.3 Å². The third-order valence-electron chi connectivity index (χ3n) is 10.5. The van der Waals surface area contributed by atoms with E-state index in [1.54, 1.807) is 13.8 Å². The fraction of sp³-hybridized carbons (Fsp3) is 0.578. The molecule has 18 N–H and O–H groups in total. The smallest absolute Gasteiger partial charge is 0.305 e. The van der Waals surface area contributed by atoms with Gasteiger partial charge in [-0.05, 0) is 55.7 Å². The Kier molecular flexibility index (Phi) is 28.0. The molecule has 29 nitrogen and oxygen atoms in total. The second-order valence-corrected chi connectivity index (χ2v) is 17.7. The molecule has 0 aromatic heterocycles. The lowest BCUT2D eigenvalue weighted by molar-refractivity contribution is -0.140. The quantitative estimate of drug-likeness (QED) is 0.0305. The minimum Gasteiger partial charge on any atom is -0.508 e. The molecule has 1 radical (unpaired) electrons. The Bertz CT molecular complexity index is 2160. The van der Waals surface area contributed by atoms with Crippen LogP contribution in [0.2, 0.25) is 0 Å². The maximum absolute atomic E-state index is 14.1. The first-order chi connectivity index (χ1) is 34.6. The summed E-state index contributed by atoms with van der Waals surface area (Å²) in [6.45, 7) is 4.59. The molecular formula is C45H68N11O18. The number of aliphatic hydroxyl groups excluding tert-OH is 2. The predicted octanol–water partition coefficient (Wildman–Crippen LogP) is -6.32. The minimum absolute atomic E-state index is 0.123. The SMILES string of the molecule is CC(C)C[C@H](NC(=O)[C@H](Cc1ccc(O)cc1)NC(=O)[C@H](CO)NC(=O)[C@H](CO)NC(=O)[C@@H](NC(=O)[C@@H](N)CC(=O)O)C(C)C)C(=O)N[C@@H](CCC(=O)O)C(=O)NCC(=O)N[C@@H](CCC(N)=O)C(=O)N[C@@H](C)[C]=O. The molecule has 0 saturated carbocycles. The summed E-state index contributed by atoms with van der Waals surface area (Å²) in [7, 11) is 0. The standard InChI is InChI=1S/C45H68N11O18/c1-21(2)14-29(41(70)51-27(11-13-35(63)64)39(68)48-17-34(62)50-28(10-12-33(47)61)40(69)49-23(5)18-57)52-42(71)30(15-24-6-8-25(60)9-7-24)53-43(72)31(19-58)54-44(73)32(20-59)55-45(74)37(22(3)4)56-38(67)26(46)16-36(65)66/h6-9,21-23,26-32,37,58-60H,10-17,19-20,46H2,1-5H3,(H2,47,61)(H,48,68)(H,49,69)(H,50,62)(H,51,70)(H,52,71)(H,53,72)(H,54,73)(H,55,74)(H,56,67)(H,63,64)(H,65,66)/t23-,26-,27-,28-,29-,30-,31-,32-,37-/m0/s1. The van der Waals surface area contributed by atoms with Gasteiger partial charge in [-0.3, -0.25) is 62.3 Å². The highest BCUT2D eigenvalue weighted by Gasteiger charge is 2.35. The van der Waals surface area contributed by atoms with Crippen molar-refractivity contribution in [1.82, 2.24) is 47.9 Å². The number of carboxylic acid groups (broad SMARTS) is 2. The van der Waals surface area contributed by atoms with E-state index in [0.29, 0.717) is 5.56 Å². The lowest BCUT2D eigenvalue weighted by Gasteiger charge is -2.28. The number of carboxylic acids is 2. The molecule has 0 aliphatic rings. The molecule has 0 spiro atoms. The van der Waals surface area contributed by atoms with Crippen LogP contribution in [0.25, 0.3) is 0 Å². The van der Waals surface area contributed by atoms with E-state index in [0.717, 1.165) is 0 Å². The molecule has 0 heterocycles. The molecule has 74 heavy (non-hydrogen) atoms. The lowest BCUT2D eigenvalue weighted by atomic mass is 10.00. The molecule has 0 aliphatic heterocycles. The number of carbonyl (C=O) groups excluding carboxylic acids is 11. The van der Waals surface area contributed by atoms with Crippen LogP contribution in [0.4, 0.5) is 0 Å². The van der Waals surface area contributed by atoms with Crippen molar-refractivity contribution in [3.8, 4) is 5.75 Å². The van der Waals surface area contributed by atoms with Gasteiger partial charge in [-0.25, -0.2) is 0 Å². The Morgan fingerprint density at radius 1 is 0.568 bits per heavy atom. The van der Waals surface area contributed by atoms with Crippen LogP contribution in [-0.2, 0) is 68.7 Å². The van der Waals surface area contributed by atoms with Crippen LogP contribution in [0.5, 0.6) is 5.75 Å². The van der Waals surface area contributed by atoms with Gasteiger partial charge in [0.1, 0.15) is 48.0 Å². The zero-order valence-electron chi connectivity index (χ0n) is 41.4. The average molecular weight is 1050 g/mol. The summed E-state index contributed by atoms with van der Waals surface area (Å²) in [5.41, 5.74) is 11.1.